The fraction of sp³-hybridized carbons (Fsp3) is 0.429. The van der Waals surface area contributed by atoms with Crippen LogP contribution in [0.1, 0.15) is 32.8 Å². The summed E-state index contributed by atoms with van der Waals surface area (Å²) in [5.74, 6) is 0.879. The van der Waals surface area contributed by atoms with E-state index in [2.05, 4.69) is 22.8 Å². The molecule has 0 bridgehead atoms. The minimum Gasteiger partial charge on any atom is -0.494 e. The van der Waals surface area contributed by atoms with E-state index in [-0.39, 0.29) is 0 Å². The number of rotatable bonds is 6. The molecule has 5 heteroatoms. The van der Waals surface area contributed by atoms with E-state index in [0.717, 1.165) is 24.3 Å². The standard InChI is InChI=1S/C14H21N3OS/c1-4-9-18-13-7-5-12(6-8-13)10-15-17-14(19)16-11(2)3/h5-8,10-11H,4,9H2,1-3H3,(H2,16,17,19)/b15-10-. The molecule has 0 spiro atoms. The lowest BCUT2D eigenvalue weighted by Gasteiger charge is -2.09. The lowest BCUT2D eigenvalue weighted by Crippen LogP contribution is -2.36. The summed E-state index contributed by atoms with van der Waals surface area (Å²) in [6.45, 7) is 6.87. The number of thiocarbonyl (C=S) groups is 1. The maximum Gasteiger partial charge on any atom is 0.187 e. The predicted molar refractivity (Wildman–Crippen MR) is 83.8 cm³/mol. The van der Waals surface area contributed by atoms with E-state index in [1.54, 1.807) is 6.21 Å². The summed E-state index contributed by atoms with van der Waals surface area (Å²) in [5, 5.41) is 7.64. The lowest BCUT2D eigenvalue weighted by molar-refractivity contribution is 0.317. The Labute approximate surface area is 120 Å². The largest absolute Gasteiger partial charge is 0.494 e. The predicted octanol–water partition coefficient (Wildman–Crippen LogP) is 2.68. The molecule has 2 N–H and O–H groups in total. The zero-order chi connectivity index (χ0) is 14.1. The number of nitrogens with zero attached hydrogens (tertiary/aromatic N) is 1. The first-order chi connectivity index (χ1) is 9.11. The summed E-state index contributed by atoms with van der Waals surface area (Å²) in [7, 11) is 0. The highest BCUT2D eigenvalue weighted by atomic mass is 32.1. The summed E-state index contributed by atoms with van der Waals surface area (Å²) in [6.07, 6.45) is 2.73. The van der Waals surface area contributed by atoms with Crippen molar-refractivity contribution in [2.75, 3.05) is 6.61 Å². The van der Waals surface area contributed by atoms with E-state index in [1.165, 1.54) is 0 Å². The third-order valence-corrected chi connectivity index (χ3v) is 2.36. The van der Waals surface area contributed by atoms with Crippen LogP contribution < -0.4 is 15.5 Å². The third-order valence-electron chi connectivity index (χ3n) is 2.15. The van der Waals surface area contributed by atoms with Gasteiger partial charge in [0.15, 0.2) is 5.11 Å². The summed E-state index contributed by atoms with van der Waals surface area (Å²) in [4.78, 5) is 0. The van der Waals surface area contributed by atoms with Crippen LogP contribution in [0.2, 0.25) is 0 Å². The first kappa shape index (κ1) is 15.4. The topological polar surface area (TPSA) is 45.6 Å². The van der Waals surface area contributed by atoms with Crippen molar-refractivity contribution in [1.29, 1.82) is 0 Å². The van der Waals surface area contributed by atoms with Crippen LogP contribution in [0.3, 0.4) is 0 Å². The van der Waals surface area contributed by atoms with Gasteiger partial charge in [-0.2, -0.15) is 5.10 Å². The molecule has 0 radical (unpaired) electrons. The molecule has 104 valence electrons. The van der Waals surface area contributed by atoms with Crippen molar-refractivity contribution in [3.8, 4) is 5.75 Å². The SMILES string of the molecule is CCCOc1ccc(/C=N\NC(=S)NC(C)C)cc1. The maximum absolute atomic E-state index is 5.51. The summed E-state index contributed by atoms with van der Waals surface area (Å²) in [5.41, 5.74) is 3.76. The molecule has 0 aliphatic carbocycles. The van der Waals surface area contributed by atoms with E-state index >= 15 is 0 Å². The molecule has 0 unspecified atom stereocenters. The van der Waals surface area contributed by atoms with Gasteiger partial charge in [-0.1, -0.05) is 6.92 Å². The highest BCUT2D eigenvalue weighted by Crippen LogP contribution is 2.11. The number of benzene rings is 1. The Bertz CT molecular complexity index is 415. The van der Waals surface area contributed by atoms with Gasteiger partial charge in [-0.15, -0.1) is 0 Å². The Morgan fingerprint density at radius 2 is 2.05 bits per heavy atom. The molecule has 0 heterocycles. The molecule has 0 saturated carbocycles. The van der Waals surface area contributed by atoms with Crippen LogP contribution in [0, 0.1) is 0 Å². The van der Waals surface area contributed by atoms with Gasteiger partial charge in [-0.25, -0.2) is 0 Å². The highest BCUT2D eigenvalue weighted by molar-refractivity contribution is 7.80. The van der Waals surface area contributed by atoms with E-state index in [9.17, 15) is 0 Å². The molecule has 0 atom stereocenters. The minimum atomic E-state index is 0.296. The Balaban J connectivity index is 2.42. The van der Waals surface area contributed by atoms with Gasteiger partial charge in [-0.3, -0.25) is 5.43 Å². The van der Waals surface area contributed by atoms with Gasteiger partial charge in [0.05, 0.1) is 12.8 Å². The zero-order valence-electron chi connectivity index (χ0n) is 11.6. The molecule has 0 amide bonds. The van der Waals surface area contributed by atoms with Crippen LogP contribution >= 0.6 is 12.2 Å². The van der Waals surface area contributed by atoms with Crippen LogP contribution in [-0.4, -0.2) is 24.0 Å². The van der Waals surface area contributed by atoms with Crippen LogP contribution in [0.25, 0.3) is 0 Å². The van der Waals surface area contributed by atoms with Crippen molar-refractivity contribution < 1.29 is 4.74 Å². The summed E-state index contributed by atoms with van der Waals surface area (Å²) < 4.78 is 5.51. The number of ether oxygens (including phenoxy) is 1. The minimum absolute atomic E-state index is 0.296. The van der Waals surface area contributed by atoms with Crippen LogP contribution in [-0.2, 0) is 0 Å². The summed E-state index contributed by atoms with van der Waals surface area (Å²) in [6, 6.07) is 8.07. The highest BCUT2D eigenvalue weighted by Gasteiger charge is 1.96. The third kappa shape index (κ3) is 6.76. The number of hydrazone groups is 1. The molecular weight excluding hydrogens is 258 g/mol. The van der Waals surface area contributed by atoms with E-state index in [0.29, 0.717) is 11.2 Å². The van der Waals surface area contributed by atoms with Gasteiger partial charge in [0, 0.05) is 6.04 Å². The second-order valence-electron chi connectivity index (χ2n) is 4.42. The second kappa shape index (κ2) is 8.48. The number of nitrogens with one attached hydrogen (secondary N) is 2. The van der Waals surface area contributed by atoms with Crippen molar-refractivity contribution in [2.45, 2.75) is 33.2 Å². The van der Waals surface area contributed by atoms with Crippen molar-refractivity contribution in [3.05, 3.63) is 29.8 Å². The van der Waals surface area contributed by atoms with Gasteiger partial charge in [0.1, 0.15) is 5.75 Å². The molecule has 0 aliphatic heterocycles. The van der Waals surface area contributed by atoms with E-state index < -0.39 is 0 Å². The normalized spacial score (nSPS) is 10.7. The first-order valence-corrected chi connectivity index (χ1v) is 6.85. The Kier molecular flexibility index (Phi) is 6.89. The first-order valence-electron chi connectivity index (χ1n) is 6.44. The molecule has 1 aromatic rings. The molecule has 4 nitrogen and oxygen atoms in total. The monoisotopic (exact) mass is 279 g/mol. The van der Waals surface area contributed by atoms with Crippen LogP contribution in [0.15, 0.2) is 29.4 Å². The van der Waals surface area contributed by atoms with Gasteiger partial charge in [0.2, 0.25) is 0 Å². The quantitative estimate of drug-likeness (QED) is 0.477. The van der Waals surface area contributed by atoms with Crippen molar-refractivity contribution >= 4 is 23.5 Å². The number of hydrogen-bond donors (Lipinski definition) is 2. The molecular formula is C14H21N3OS. The van der Waals surface area contributed by atoms with Gasteiger partial charge < -0.3 is 10.1 Å². The van der Waals surface area contributed by atoms with E-state index in [1.807, 2.05) is 38.1 Å². The molecule has 1 aromatic carbocycles. The van der Waals surface area contributed by atoms with Crippen LogP contribution in [0.5, 0.6) is 5.75 Å². The van der Waals surface area contributed by atoms with E-state index in [4.69, 9.17) is 17.0 Å². The fourth-order valence-electron chi connectivity index (χ4n) is 1.33. The van der Waals surface area contributed by atoms with Crippen LogP contribution in [0.4, 0.5) is 0 Å². The molecule has 0 fully saturated rings. The Hall–Kier alpha value is -1.62. The molecule has 1 rings (SSSR count). The van der Waals surface area contributed by atoms with Gasteiger partial charge in [-0.05, 0) is 62.3 Å². The van der Waals surface area contributed by atoms with Crippen molar-refractivity contribution in [2.24, 2.45) is 5.10 Å². The smallest absolute Gasteiger partial charge is 0.187 e. The molecule has 19 heavy (non-hydrogen) atoms. The maximum atomic E-state index is 5.51. The number of hydrogen-bond acceptors (Lipinski definition) is 3. The summed E-state index contributed by atoms with van der Waals surface area (Å²) >= 11 is 5.06. The average Bonchev–Trinajstić information content (AvgIpc) is 2.37. The van der Waals surface area contributed by atoms with Crippen molar-refractivity contribution in [1.82, 2.24) is 10.7 Å². The van der Waals surface area contributed by atoms with Gasteiger partial charge in [0.25, 0.3) is 0 Å². The van der Waals surface area contributed by atoms with Gasteiger partial charge >= 0.3 is 0 Å². The average molecular weight is 279 g/mol. The molecule has 0 aromatic heterocycles. The zero-order valence-corrected chi connectivity index (χ0v) is 12.5. The molecule has 0 aliphatic rings. The lowest BCUT2D eigenvalue weighted by atomic mass is 10.2. The van der Waals surface area contributed by atoms with Crippen molar-refractivity contribution in [3.63, 3.8) is 0 Å². The fourth-order valence-corrected chi connectivity index (χ4v) is 1.62. The second-order valence-corrected chi connectivity index (χ2v) is 4.82. The molecule has 0 saturated heterocycles. The Morgan fingerprint density at radius 3 is 2.63 bits per heavy atom. The Morgan fingerprint density at radius 1 is 1.37 bits per heavy atom.